The van der Waals surface area contributed by atoms with Crippen LogP contribution in [0.2, 0.25) is 0 Å². The summed E-state index contributed by atoms with van der Waals surface area (Å²) in [5, 5.41) is 8.61. The Hall–Kier alpha value is 0.464. The summed E-state index contributed by atoms with van der Waals surface area (Å²) < 4.78 is 0. The Morgan fingerprint density at radius 3 is 2.25 bits per heavy atom. The van der Waals surface area contributed by atoms with E-state index < -0.39 is 0 Å². The summed E-state index contributed by atoms with van der Waals surface area (Å²) in [7, 11) is 2.16. The van der Waals surface area contributed by atoms with Crippen LogP contribution in [0.4, 0.5) is 0 Å². The number of hydrogen-bond acceptors (Lipinski definition) is 3. The normalized spacial score (nSPS) is 20.5. The van der Waals surface area contributed by atoms with Gasteiger partial charge < -0.3 is 14.9 Å². The van der Waals surface area contributed by atoms with Gasteiger partial charge in [0.15, 0.2) is 0 Å². The maximum absolute atomic E-state index is 8.61. The molecule has 0 aliphatic carbocycles. The zero-order valence-electron chi connectivity index (χ0n) is 7.74. The first-order valence-electron chi connectivity index (χ1n) is 4.34. The summed E-state index contributed by atoms with van der Waals surface area (Å²) >= 11 is 0. The SMILES string of the molecule is CN1CCN(CCCO)CC1.[V]. The number of rotatable bonds is 3. The van der Waals surface area contributed by atoms with E-state index in [0.717, 1.165) is 26.1 Å². The third kappa shape index (κ3) is 4.48. The molecule has 0 amide bonds. The largest absolute Gasteiger partial charge is 0.396 e. The Bertz CT molecular complexity index is 102. The van der Waals surface area contributed by atoms with Gasteiger partial charge in [0, 0.05) is 57.9 Å². The van der Waals surface area contributed by atoms with Gasteiger partial charge in [-0.15, -0.1) is 0 Å². The van der Waals surface area contributed by atoms with Gasteiger partial charge in [0.05, 0.1) is 0 Å². The Labute approximate surface area is 86.6 Å². The zero-order chi connectivity index (χ0) is 8.10. The van der Waals surface area contributed by atoms with Crippen LogP contribution < -0.4 is 0 Å². The van der Waals surface area contributed by atoms with Gasteiger partial charge in [-0.05, 0) is 13.5 Å². The third-order valence-electron chi connectivity index (χ3n) is 2.23. The molecule has 1 aliphatic heterocycles. The number of nitrogens with zero attached hydrogens (tertiary/aromatic N) is 2. The van der Waals surface area contributed by atoms with E-state index in [1.165, 1.54) is 13.1 Å². The molecule has 0 unspecified atom stereocenters. The maximum Gasteiger partial charge on any atom is 0.0443 e. The monoisotopic (exact) mass is 209 g/mol. The van der Waals surface area contributed by atoms with E-state index in [9.17, 15) is 0 Å². The predicted molar refractivity (Wildman–Crippen MR) is 45.6 cm³/mol. The standard InChI is InChI=1S/C8H18N2O.V/c1-9-4-6-10(7-5-9)3-2-8-11;/h11H,2-8H2,1H3;. The molecule has 0 aromatic heterocycles. The van der Waals surface area contributed by atoms with Gasteiger partial charge >= 0.3 is 0 Å². The summed E-state index contributed by atoms with van der Waals surface area (Å²) in [6.07, 6.45) is 0.920. The molecule has 3 nitrogen and oxygen atoms in total. The van der Waals surface area contributed by atoms with Crippen molar-refractivity contribution in [2.24, 2.45) is 0 Å². The van der Waals surface area contributed by atoms with E-state index in [-0.39, 0.29) is 18.6 Å². The second-order valence-electron chi connectivity index (χ2n) is 3.22. The summed E-state index contributed by atoms with van der Waals surface area (Å²) in [5.41, 5.74) is 0. The number of piperazine rings is 1. The van der Waals surface area contributed by atoms with Crippen molar-refractivity contribution in [1.82, 2.24) is 9.80 Å². The van der Waals surface area contributed by atoms with Crippen molar-refractivity contribution in [3.05, 3.63) is 0 Å². The smallest absolute Gasteiger partial charge is 0.0443 e. The van der Waals surface area contributed by atoms with Crippen LogP contribution in [0.3, 0.4) is 0 Å². The van der Waals surface area contributed by atoms with Crippen molar-refractivity contribution >= 4 is 0 Å². The summed E-state index contributed by atoms with van der Waals surface area (Å²) in [6.45, 7) is 6.06. The Morgan fingerprint density at radius 2 is 1.75 bits per heavy atom. The third-order valence-corrected chi connectivity index (χ3v) is 2.23. The molecule has 71 valence electrons. The van der Waals surface area contributed by atoms with E-state index in [1.54, 1.807) is 0 Å². The van der Waals surface area contributed by atoms with Crippen molar-refractivity contribution in [3.8, 4) is 0 Å². The maximum atomic E-state index is 8.61. The van der Waals surface area contributed by atoms with E-state index in [0.29, 0.717) is 6.61 Å². The number of aliphatic hydroxyl groups is 1. The average molecular weight is 209 g/mol. The van der Waals surface area contributed by atoms with Crippen molar-refractivity contribution in [2.45, 2.75) is 6.42 Å². The molecule has 1 fully saturated rings. The van der Waals surface area contributed by atoms with Gasteiger partial charge in [0.1, 0.15) is 0 Å². The quantitative estimate of drug-likeness (QED) is 0.686. The van der Waals surface area contributed by atoms with Crippen molar-refractivity contribution in [3.63, 3.8) is 0 Å². The second kappa shape index (κ2) is 6.92. The minimum absolute atomic E-state index is 0. The van der Waals surface area contributed by atoms with Crippen LogP contribution in [0, 0.1) is 0 Å². The number of hydrogen-bond donors (Lipinski definition) is 1. The summed E-state index contributed by atoms with van der Waals surface area (Å²) in [6, 6.07) is 0. The van der Waals surface area contributed by atoms with Gasteiger partial charge in [-0.2, -0.15) is 0 Å². The minimum Gasteiger partial charge on any atom is -0.396 e. The fourth-order valence-corrected chi connectivity index (χ4v) is 1.37. The van der Waals surface area contributed by atoms with Crippen LogP contribution in [0.1, 0.15) is 6.42 Å². The summed E-state index contributed by atoms with van der Waals surface area (Å²) in [4.78, 5) is 4.76. The molecule has 0 spiro atoms. The van der Waals surface area contributed by atoms with Gasteiger partial charge in [-0.25, -0.2) is 0 Å². The Morgan fingerprint density at radius 1 is 1.17 bits per heavy atom. The first-order valence-corrected chi connectivity index (χ1v) is 4.34. The number of likely N-dealkylation sites (N-methyl/N-ethyl adjacent to an activating group) is 1. The van der Waals surface area contributed by atoms with Crippen molar-refractivity contribution in [2.75, 3.05) is 46.4 Å². The van der Waals surface area contributed by atoms with Gasteiger partial charge in [-0.3, -0.25) is 0 Å². The molecule has 1 rings (SSSR count). The van der Waals surface area contributed by atoms with Crippen molar-refractivity contribution in [1.29, 1.82) is 0 Å². The van der Waals surface area contributed by atoms with Crippen LogP contribution in [0.15, 0.2) is 0 Å². The molecule has 1 radical (unpaired) electrons. The van der Waals surface area contributed by atoms with Gasteiger partial charge in [0.2, 0.25) is 0 Å². The molecule has 1 N–H and O–H groups in total. The molecule has 1 saturated heterocycles. The molecule has 0 saturated carbocycles. The molecular weight excluding hydrogens is 191 g/mol. The molecule has 0 bridgehead atoms. The predicted octanol–water partition coefficient (Wildman–Crippen LogP) is -0.386. The zero-order valence-corrected chi connectivity index (χ0v) is 9.14. The molecule has 12 heavy (non-hydrogen) atoms. The van der Waals surface area contributed by atoms with Crippen LogP contribution in [0.5, 0.6) is 0 Å². The molecule has 0 atom stereocenters. The topological polar surface area (TPSA) is 26.7 Å². The molecule has 1 heterocycles. The first-order chi connectivity index (χ1) is 5.33. The molecule has 0 aromatic carbocycles. The molecule has 4 heteroatoms. The van der Waals surface area contributed by atoms with E-state index >= 15 is 0 Å². The summed E-state index contributed by atoms with van der Waals surface area (Å²) in [5.74, 6) is 0. The van der Waals surface area contributed by atoms with Crippen LogP contribution >= 0.6 is 0 Å². The van der Waals surface area contributed by atoms with E-state index in [2.05, 4.69) is 16.8 Å². The van der Waals surface area contributed by atoms with Gasteiger partial charge in [-0.1, -0.05) is 0 Å². The fourth-order valence-electron chi connectivity index (χ4n) is 1.37. The first kappa shape index (κ1) is 12.5. The fraction of sp³-hybridized carbons (Fsp3) is 1.00. The van der Waals surface area contributed by atoms with Gasteiger partial charge in [0.25, 0.3) is 0 Å². The van der Waals surface area contributed by atoms with E-state index in [1.807, 2.05) is 0 Å². The van der Waals surface area contributed by atoms with Crippen LogP contribution in [-0.2, 0) is 18.6 Å². The Balaban J connectivity index is 0.00000121. The minimum atomic E-state index is 0. The second-order valence-corrected chi connectivity index (χ2v) is 3.22. The molecular formula is C8H18N2OV. The van der Waals surface area contributed by atoms with Crippen molar-refractivity contribution < 1.29 is 23.7 Å². The molecule has 0 aromatic rings. The number of aliphatic hydroxyl groups excluding tert-OH is 1. The molecule has 1 aliphatic rings. The Kier molecular flexibility index (Phi) is 7.19. The average Bonchev–Trinajstić information content (AvgIpc) is 2.04. The van der Waals surface area contributed by atoms with E-state index in [4.69, 9.17) is 5.11 Å². The van der Waals surface area contributed by atoms with Crippen LogP contribution in [-0.4, -0.2) is 61.3 Å². The van der Waals surface area contributed by atoms with Crippen LogP contribution in [0.25, 0.3) is 0 Å².